The predicted molar refractivity (Wildman–Crippen MR) is 89.2 cm³/mol. The molecule has 1 fully saturated rings. The Balaban J connectivity index is 1.77. The average Bonchev–Trinajstić information content (AvgIpc) is 3.25. The number of amides is 1. The molecule has 1 saturated carbocycles. The summed E-state index contributed by atoms with van der Waals surface area (Å²) >= 11 is 0. The van der Waals surface area contributed by atoms with E-state index in [1.165, 1.54) is 0 Å². The maximum absolute atomic E-state index is 13.1. The summed E-state index contributed by atoms with van der Waals surface area (Å²) in [6.07, 6.45) is 4.84. The van der Waals surface area contributed by atoms with Gasteiger partial charge in [0.05, 0.1) is 12.2 Å². The average molecular weight is 312 g/mol. The van der Waals surface area contributed by atoms with Gasteiger partial charge in [-0.05, 0) is 36.9 Å². The molecule has 5 nitrogen and oxygen atoms in total. The van der Waals surface area contributed by atoms with Crippen molar-refractivity contribution < 1.29 is 4.79 Å². The Labute approximate surface area is 136 Å². The Morgan fingerprint density at radius 2 is 2.04 bits per heavy atom. The molecule has 1 heterocycles. The van der Waals surface area contributed by atoms with E-state index in [0.29, 0.717) is 25.6 Å². The fourth-order valence-electron chi connectivity index (χ4n) is 3.47. The third-order valence-electron chi connectivity index (χ3n) is 4.73. The summed E-state index contributed by atoms with van der Waals surface area (Å²) in [6, 6.07) is 12.0. The minimum absolute atomic E-state index is 0.0617. The van der Waals surface area contributed by atoms with Gasteiger partial charge in [-0.15, -0.1) is 0 Å². The van der Waals surface area contributed by atoms with Crippen LogP contribution < -0.4 is 5.73 Å². The van der Waals surface area contributed by atoms with Gasteiger partial charge in [-0.2, -0.15) is 5.10 Å². The molecule has 1 aromatic heterocycles. The number of aromatic nitrogens is 2. The first-order chi connectivity index (χ1) is 11.3. The highest BCUT2D eigenvalue weighted by Crippen LogP contribution is 2.33. The van der Waals surface area contributed by atoms with Crippen LogP contribution in [-0.2, 0) is 17.9 Å². The van der Waals surface area contributed by atoms with Crippen LogP contribution in [-0.4, -0.2) is 27.5 Å². The zero-order valence-corrected chi connectivity index (χ0v) is 13.3. The summed E-state index contributed by atoms with van der Waals surface area (Å²) in [6.45, 7) is 1.77. The van der Waals surface area contributed by atoms with Crippen molar-refractivity contribution >= 4 is 5.91 Å². The van der Waals surface area contributed by atoms with Gasteiger partial charge in [0.25, 0.3) is 0 Å². The van der Waals surface area contributed by atoms with Crippen LogP contribution in [0.5, 0.6) is 0 Å². The van der Waals surface area contributed by atoms with Crippen LogP contribution in [0.25, 0.3) is 0 Å². The maximum atomic E-state index is 13.1. The van der Waals surface area contributed by atoms with Gasteiger partial charge in [0.15, 0.2) is 0 Å². The highest BCUT2D eigenvalue weighted by molar-refractivity contribution is 5.79. The molecule has 2 atom stereocenters. The minimum Gasteiger partial charge on any atom is -0.332 e. The molecule has 0 aliphatic heterocycles. The molecule has 23 heavy (non-hydrogen) atoms. The van der Waals surface area contributed by atoms with Crippen molar-refractivity contribution in [2.45, 2.75) is 32.4 Å². The number of hydrogen-bond acceptors (Lipinski definition) is 3. The van der Waals surface area contributed by atoms with Crippen molar-refractivity contribution in [3.63, 3.8) is 0 Å². The molecule has 1 aromatic carbocycles. The third kappa shape index (κ3) is 3.79. The number of nitrogens with two attached hydrogens (primary N) is 1. The van der Waals surface area contributed by atoms with E-state index >= 15 is 0 Å². The van der Waals surface area contributed by atoms with Crippen LogP contribution >= 0.6 is 0 Å². The highest BCUT2D eigenvalue weighted by Gasteiger charge is 2.34. The molecule has 0 unspecified atom stereocenters. The quantitative estimate of drug-likeness (QED) is 0.859. The van der Waals surface area contributed by atoms with Gasteiger partial charge in [-0.3, -0.25) is 9.89 Å². The van der Waals surface area contributed by atoms with Crippen LogP contribution in [0.15, 0.2) is 42.6 Å². The van der Waals surface area contributed by atoms with Gasteiger partial charge in [-0.1, -0.05) is 36.8 Å². The van der Waals surface area contributed by atoms with Crippen LogP contribution in [0.1, 0.15) is 30.5 Å². The van der Waals surface area contributed by atoms with E-state index in [9.17, 15) is 4.79 Å². The molecule has 122 valence electrons. The van der Waals surface area contributed by atoms with Crippen molar-refractivity contribution in [3.05, 3.63) is 53.9 Å². The summed E-state index contributed by atoms with van der Waals surface area (Å²) in [5.74, 6) is 0.602. The van der Waals surface area contributed by atoms with Gasteiger partial charge in [0, 0.05) is 18.7 Å². The smallest absolute Gasteiger partial charge is 0.226 e. The van der Waals surface area contributed by atoms with Crippen molar-refractivity contribution in [3.8, 4) is 0 Å². The first-order valence-electron chi connectivity index (χ1n) is 8.29. The van der Waals surface area contributed by atoms with Gasteiger partial charge in [-0.25, -0.2) is 0 Å². The first-order valence-corrected chi connectivity index (χ1v) is 8.29. The van der Waals surface area contributed by atoms with E-state index in [1.54, 1.807) is 6.20 Å². The molecule has 0 saturated heterocycles. The van der Waals surface area contributed by atoms with Crippen LogP contribution in [0.2, 0.25) is 0 Å². The van der Waals surface area contributed by atoms with E-state index in [1.807, 2.05) is 29.2 Å². The second kappa shape index (κ2) is 7.42. The standard InChI is InChI=1S/C18H24N4O/c19-11-15-7-4-8-17(15)18(23)22(13-16-9-10-20-21-16)12-14-5-2-1-3-6-14/h1-3,5-6,9-10,15,17H,4,7-8,11-13,19H2,(H,20,21)/t15-,17-/m1/s1. The molecule has 2 aromatic rings. The number of H-pyrrole nitrogens is 1. The SMILES string of the molecule is NC[C@H]1CCC[C@H]1C(=O)N(Cc1ccccc1)Cc1ccn[nH]1. The normalized spacial score (nSPS) is 20.6. The fourth-order valence-corrected chi connectivity index (χ4v) is 3.47. The zero-order chi connectivity index (χ0) is 16.1. The zero-order valence-electron chi connectivity index (χ0n) is 13.3. The van der Waals surface area contributed by atoms with E-state index < -0.39 is 0 Å². The molecule has 5 heteroatoms. The van der Waals surface area contributed by atoms with Crippen molar-refractivity contribution in [2.24, 2.45) is 17.6 Å². The minimum atomic E-state index is 0.0617. The lowest BCUT2D eigenvalue weighted by atomic mass is 9.94. The van der Waals surface area contributed by atoms with E-state index in [4.69, 9.17) is 5.73 Å². The van der Waals surface area contributed by atoms with Crippen LogP contribution in [0, 0.1) is 11.8 Å². The van der Waals surface area contributed by atoms with Crippen molar-refractivity contribution in [2.75, 3.05) is 6.54 Å². The first kappa shape index (κ1) is 15.7. The number of carbonyl (C=O) groups excluding carboxylic acids is 1. The monoisotopic (exact) mass is 312 g/mol. The van der Waals surface area contributed by atoms with Crippen LogP contribution in [0.4, 0.5) is 0 Å². The molecule has 3 rings (SSSR count). The van der Waals surface area contributed by atoms with E-state index in [0.717, 1.165) is 30.5 Å². The topological polar surface area (TPSA) is 75.0 Å². The lowest BCUT2D eigenvalue weighted by Gasteiger charge is -2.28. The van der Waals surface area contributed by atoms with Crippen molar-refractivity contribution in [1.29, 1.82) is 0 Å². The molecule has 0 bridgehead atoms. The number of rotatable bonds is 6. The molecular weight excluding hydrogens is 288 g/mol. The Bertz CT molecular complexity index is 611. The maximum Gasteiger partial charge on any atom is 0.226 e. The Hall–Kier alpha value is -2.14. The van der Waals surface area contributed by atoms with Crippen molar-refractivity contribution in [1.82, 2.24) is 15.1 Å². The number of carbonyl (C=O) groups is 1. The van der Waals surface area contributed by atoms with Crippen LogP contribution in [0.3, 0.4) is 0 Å². The summed E-state index contributed by atoms with van der Waals surface area (Å²) in [4.78, 5) is 15.0. The number of nitrogens with zero attached hydrogens (tertiary/aromatic N) is 2. The molecular formula is C18H24N4O. The Kier molecular flexibility index (Phi) is 5.08. The number of hydrogen-bond donors (Lipinski definition) is 2. The number of benzene rings is 1. The largest absolute Gasteiger partial charge is 0.332 e. The summed E-state index contributed by atoms with van der Waals surface area (Å²) in [7, 11) is 0. The predicted octanol–water partition coefficient (Wildman–Crippen LogP) is 2.31. The molecule has 1 aliphatic carbocycles. The summed E-state index contributed by atoms with van der Waals surface area (Å²) < 4.78 is 0. The third-order valence-corrected chi connectivity index (χ3v) is 4.73. The van der Waals surface area contributed by atoms with Gasteiger partial charge in [0.1, 0.15) is 0 Å². The second-order valence-electron chi connectivity index (χ2n) is 6.29. The summed E-state index contributed by atoms with van der Waals surface area (Å²) in [5.41, 5.74) is 7.96. The number of aromatic amines is 1. The number of nitrogens with one attached hydrogen (secondary N) is 1. The lowest BCUT2D eigenvalue weighted by Crippen LogP contribution is -2.38. The Morgan fingerprint density at radius 3 is 2.74 bits per heavy atom. The Morgan fingerprint density at radius 1 is 1.22 bits per heavy atom. The summed E-state index contributed by atoms with van der Waals surface area (Å²) in [5, 5.41) is 6.94. The molecule has 1 amide bonds. The molecule has 1 aliphatic rings. The highest BCUT2D eigenvalue weighted by atomic mass is 16.2. The van der Waals surface area contributed by atoms with E-state index in [-0.39, 0.29) is 11.8 Å². The van der Waals surface area contributed by atoms with Gasteiger partial charge in [0.2, 0.25) is 5.91 Å². The van der Waals surface area contributed by atoms with Gasteiger partial charge >= 0.3 is 0 Å². The fraction of sp³-hybridized carbons (Fsp3) is 0.444. The molecule has 0 radical (unpaired) electrons. The molecule has 0 spiro atoms. The molecule has 3 N–H and O–H groups in total. The van der Waals surface area contributed by atoms with E-state index in [2.05, 4.69) is 22.3 Å². The van der Waals surface area contributed by atoms with Gasteiger partial charge < -0.3 is 10.6 Å². The lowest BCUT2D eigenvalue weighted by molar-refractivity contribution is -0.138. The second-order valence-corrected chi connectivity index (χ2v) is 6.29.